The topological polar surface area (TPSA) is 103 Å². The number of sulfone groups is 1. The molecule has 1 saturated heterocycles. The number of piperidine rings is 1. The third kappa shape index (κ3) is 5.21. The minimum absolute atomic E-state index is 0.114. The van der Waals surface area contributed by atoms with Crippen molar-refractivity contribution in [2.45, 2.75) is 50.2 Å². The lowest BCUT2D eigenvalue weighted by Crippen LogP contribution is -2.39. The Balaban J connectivity index is 1.33. The van der Waals surface area contributed by atoms with Gasteiger partial charge in [-0.2, -0.15) is 5.10 Å². The second kappa shape index (κ2) is 9.07. The highest BCUT2D eigenvalue weighted by Gasteiger charge is 2.27. The van der Waals surface area contributed by atoms with Gasteiger partial charge in [0.25, 0.3) is 0 Å². The first-order valence-corrected chi connectivity index (χ1v) is 13.1. The SMILES string of the molecule is CC(C)OC(=O)N1CCC(c2nn3cc(COc4ccc(S(C)(=O)=O)cc4)nc3s2)CC1. The number of benzene rings is 1. The van der Waals surface area contributed by atoms with Gasteiger partial charge in [-0.15, -0.1) is 0 Å². The number of carbonyl (C=O) groups is 1. The molecular weight excluding hydrogens is 452 g/mol. The molecule has 1 aromatic carbocycles. The molecule has 0 bridgehead atoms. The Kier molecular flexibility index (Phi) is 6.38. The summed E-state index contributed by atoms with van der Waals surface area (Å²) in [6.07, 6.45) is 4.36. The van der Waals surface area contributed by atoms with Crippen LogP contribution in [0, 0.1) is 0 Å². The second-order valence-corrected chi connectivity index (χ2v) is 11.1. The maximum Gasteiger partial charge on any atom is 0.410 e. The number of fused-ring (bicyclic) bond motifs is 1. The second-order valence-electron chi connectivity index (χ2n) is 8.13. The van der Waals surface area contributed by atoms with Crippen LogP contribution in [0.3, 0.4) is 0 Å². The summed E-state index contributed by atoms with van der Waals surface area (Å²) >= 11 is 1.56. The number of aromatic nitrogens is 3. The minimum Gasteiger partial charge on any atom is -0.487 e. The van der Waals surface area contributed by atoms with Crippen molar-refractivity contribution in [1.29, 1.82) is 0 Å². The van der Waals surface area contributed by atoms with E-state index in [1.165, 1.54) is 18.4 Å². The number of likely N-dealkylation sites (tertiary alicyclic amines) is 1. The molecule has 1 fully saturated rings. The zero-order valence-electron chi connectivity index (χ0n) is 18.2. The van der Waals surface area contributed by atoms with Crippen LogP contribution in [0.5, 0.6) is 5.75 Å². The predicted molar refractivity (Wildman–Crippen MR) is 120 cm³/mol. The van der Waals surface area contributed by atoms with Crippen LogP contribution in [-0.2, 0) is 21.2 Å². The van der Waals surface area contributed by atoms with Crippen molar-refractivity contribution >= 4 is 32.2 Å². The Morgan fingerprint density at radius 2 is 1.91 bits per heavy atom. The fraction of sp³-hybridized carbons (Fsp3) is 0.476. The Morgan fingerprint density at radius 3 is 2.50 bits per heavy atom. The number of carbonyl (C=O) groups excluding carboxylic acids is 1. The molecule has 0 radical (unpaired) electrons. The summed E-state index contributed by atoms with van der Waals surface area (Å²) in [5.41, 5.74) is 0.744. The van der Waals surface area contributed by atoms with Crippen LogP contribution in [0.15, 0.2) is 35.4 Å². The van der Waals surface area contributed by atoms with E-state index in [1.54, 1.807) is 32.9 Å². The zero-order valence-corrected chi connectivity index (χ0v) is 19.9. The molecule has 1 aliphatic heterocycles. The highest BCUT2D eigenvalue weighted by Crippen LogP contribution is 2.31. The van der Waals surface area contributed by atoms with Crippen molar-refractivity contribution in [3.05, 3.63) is 41.2 Å². The van der Waals surface area contributed by atoms with Gasteiger partial charge in [-0.25, -0.2) is 22.7 Å². The number of hydrogen-bond donors (Lipinski definition) is 0. The van der Waals surface area contributed by atoms with Gasteiger partial charge in [0, 0.05) is 25.3 Å². The molecule has 172 valence electrons. The lowest BCUT2D eigenvalue weighted by molar-refractivity contribution is 0.0691. The summed E-state index contributed by atoms with van der Waals surface area (Å²) in [6.45, 7) is 5.29. The Hall–Kier alpha value is -2.66. The van der Waals surface area contributed by atoms with Crippen molar-refractivity contribution in [3.63, 3.8) is 0 Å². The molecule has 1 aliphatic rings. The van der Waals surface area contributed by atoms with Gasteiger partial charge in [-0.1, -0.05) is 11.3 Å². The Morgan fingerprint density at radius 1 is 1.22 bits per heavy atom. The summed E-state index contributed by atoms with van der Waals surface area (Å²) in [5, 5.41) is 5.71. The molecule has 0 N–H and O–H groups in total. The lowest BCUT2D eigenvalue weighted by Gasteiger charge is -2.30. The van der Waals surface area contributed by atoms with E-state index in [-0.39, 0.29) is 23.7 Å². The summed E-state index contributed by atoms with van der Waals surface area (Å²) in [6, 6.07) is 6.32. The van der Waals surface area contributed by atoms with Gasteiger partial charge in [-0.3, -0.25) is 0 Å². The molecule has 0 spiro atoms. The predicted octanol–water partition coefficient (Wildman–Crippen LogP) is 3.50. The van der Waals surface area contributed by atoms with E-state index in [1.807, 2.05) is 20.0 Å². The summed E-state index contributed by atoms with van der Waals surface area (Å²) in [5.74, 6) is 0.878. The molecule has 3 heterocycles. The number of ether oxygens (including phenoxy) is 2. The van der Waals surface area contributed by atoms with Crippen LogP contribution < -0.4 is 4.74 Å². The quantitative estimate of drug-likeness (QED) is 0.534. The van der Waals surface area contributed by atoms with Gasteiger partial charge in [0.2, 0.25) is 4.96 Å². The van der Waals surface area contributed by atoms with Crippen molar-refractivity contribution in [2.24, 2.45) is 0 Å². The highest BCUT2D eigenvalue weighted by molar-refractivity contribution is 7.90. The normalized spacial score (nSPS) is 15.4. The van der Waals surface area contributed by atoms with Crippen LogP contribution in [0.25, 0.3) is 4.96 Å². The molecule has 0 unspecified atom stereocenters. The van der Waals surface area contributed by atoms with Crippen molar-refractivity contribution in [3.8, 4) is 5.75 Å². The molecule has 0 aliphatic carbocycles. The lowest BCUT2D eigenvalue weighted by atomic mass is 9.98. The van der Waals surface area contributed by atoms with Gasteiger partial charge in [0.1, 0.15) is 17.4 Å². The van der Waals surface area contributed by atoms with E-state index in [9.17, 15) is 13.2 Å². The van der Waals surface area contributed by atoms with Crippen LogP contribution in [0.4, 0.5) is 4.79 Å². The summed E-state index contributed by atoms with van der Waals surface area (Å²) < 4.78 is 35.8. The molecule has 3 aromatic rings. The Bertz CT molecular complexity index is 1160. The molecule has 32 heavy (non-hydrogen) atoms. The molecule has 11 heteroatoms. The number of rotatable bonds is 6. The number of hydrogen-bond acceptors (Lipinski definition) is 8. The van der Waals surface area contributed by atoms with E-state index < -0.39 is 9.84 Å². The number of nitrogens with zero attached hydrogens (tertiary/aromatic N) is 4. The van der Waals surface area contributed by atoms with Crippen molar-refractivity contribution in [2.75, 3.05) is 19.3 Å². The van der Waals surface area contributed by atoms with Gasteiger partial charge in [0.05, 0.1) is 22.9 Å². The largest absolute Gasteiger partial charge is 0.487 e. The van der Waals surface area contributed by atoms with E-state index in [0.29, 0.717) is 24.8 Å². The molecule has 0 saturated carbocycles. The minimum atomic E-state index is -3.23. The highest BCUT2D eigenvalue weighted by atomic mass is 32.2. The average Bonchev–Trinajstić information content (AvgIpc) is 3.30. The maximum absolute atomic E-state index is 12.1. The van der Waals surface area contributed by atoms with Gasteiger partial charge in [-0.05, 0) is 51.0 Å². The van der Waals surface area contributed by atoms with Crippen LogP contribution in [0.2, 0.25) is 0 Å². The maximum atomic E-state index is 12.1. The fourth-order valence-corrected chi connectivity index (χ4v) is 5.22. The van der Waals surface area contributed by atoms with Crippen LogP contribution in [0.1, 0.15) is 43.3 Å². The van der Waals surface area contributed by atoms with E-state index >= 15 is 0 Å². The third-order valence-electron chi connectivity index (χ3n) is 5.19. The van der Waals surface area contributed by atoms with Gasteiger partial charge >= 0.3 is 6.09 Å². The molecule has 1 amide bonds. The molecule has 0 atom stereocenters. The Labute approximate surface area is 190 Å². The first-order valence-electron chi connectivity index (χ1n) is 10.4. The van der Waals surface area contributed by atoms with E-state index in [2.05, 4.69) is 10.1 Å². The summed E-state index contributed by atoms with van der Waals surface area (Å²) in [4.78, 5) is 19.5. The van der Waals surface area contributed by atoms with E-state index in [4.69, 9.17) is 9.47 Å². The summed E-state index contributed by atoms with van der Waals surface area (Å²) in [7, 11) is -3.23. The van der Waals surface area contributed by atoms with Gasteiger partial charge in [0.15, 0.2) is 9.84 Å². The van der Waals surface area contributed by atoms with Crippen molar-refractivity contribution < 1.29 is 22.7 Å². The van der Waals surface area contributed by atoms with Crippen LogP contribution in [-0.4, -0.2) is 59.5 Å². The first kappa shape index (κ1) is 22.5. The van der Waals surface area contributed by atoms with Crippen molar-refractivity contribution in [1.82, 2.24) is 19.5 Å². The third-order valence-corrected chi connectivity index (χ3v) is 7.40. The van der Waals surface area contributed by atoms with Gasteiger partial charge < -0.3 is 14.4 Å². The molecule has 4 rings (SSSR count). The molecular formula is C21H26N4O5S2. The number of imidazole rings is 1. The smallest absolute Gasteiger partial charge is 0.410 e. The fourth-order valence-electron chi connectivity index (χ4n) is 3.52. The number of amides is 1. The first-order chi connectivity index (χ1) is 15.2. The molecule has 2 aromatic heterocycles. The monoisotopic (exact) mass is 478 g/mol. The van der Waals surface area contributed by atoms with Crippen LogP contribution >= 0.6 is 11.3 Å². The zero-order chi connectivity index (χ0) is 22.9. The standard InChI is InChI=1S/C21H26N4O5S2/c1-14(2)30-21(26)24-10-8-15(9-11-24)19-23-25-12-16(22-20(25)31-19)13-29-17-4-6-18(7-5-17)32(3,27)28/h4-7,12,14-15H,8-11,13H2,1-3H3. The van der Waals surface area contributed by atoms with E-state index in [0.717, 1.165) is 28.5 Å². The molecule has 9 nitrogen and oxygen atoms in total. The average molecular weight is 479 g/mol.